The Kier molecular flexibility index (Phi) is 2.83. The van der Waals surface area contributed by atoms with Crippen molar-refractivity contribution in [2.75, 3.05) is 5.73 Å². The Morgan fingerprint density at radius 3 is 2.62 bits per heavy atom. The van der Waals surface area contributed by atoms with E-state index in [9.17, 15) is 4.57 Å². The lowest BCUT2D eigenvalue weighted by molar-refractivity contribution is 0.284. The third-order valence-corrected chi connectivity index (χ3v) is 1.86. The van der Waals surface area contributed by atoms with Crippen LogP contribution in [-0.4, -0.2) is 9.79 Å². The van der Waals surface area contributed by atoms with Gasteiger partial charge < -0.3 is 10.3 Å². The van der Waals surface area contributed by atoms with Crippen LogP contribution in [0.5, 0.6) is 5.75 Å². The first-order valence-corrected chi connectivity index (χ1v) is 5.09. The Morgan fingerprint density at radius 2 is 2.08 bits per heavy atom. The van der Waals surface area contributed by atoms with E-state index in [1.807, 2.05) is 0 Å². The van der Waals surface area contributed by atoms with Crippen molar-refractivity contribution in [3.63, 3.8) is 0 Å². The van der Waals surface area contributed by atoms with Crippen LogP contribution in [0.25, 0.3) is 0 Å². The smallest absolute Gasteiger partial charge is 0.402 e. The molecule has 0 amide bonds. The summed E-state index contributed by atoms with van der Waals surface area (Å²) in [5.41, 5.74) is 5.49. The number of phosphoric ester groups is 1. The first kappa shape index (κ1) is 10.3. The molecule has 0 heterocycles. The van der Waals surface area contributed by atoms with Crippen LogP contribution in [0.1, 0.15) is 0 Å². The first-order valence-electron chi connectivity index (χ1n) is 3.18. The zero-order valence-corrected chi connectivity index (χ0v) is 8.00. The van der Waals surface area contributed by atoms with Crippen molar-refractivity contribution in [1.82, 2.24) is 0 Å². The number of anilines is 1. The maximum atomic E-state index is 10.4. The second-order valence-electron chi connectivity index (χ2n) is 2.26. The number of rotatable bonds is 2. The minimum atomic E-state index is -4.57. The van der Waals surface area contributed by atoms with Crippen LogP contribution in [0.4, 0.5) is 5.69 Å². The molecule has 0 saturated carbocycles. The molecule has 0 saturated heterocycles. The van der Waals surface area contributed by atoms with E-state index >= 15 is 0 Å². The Labute approximate surface area is 79.3 Å². The van der Waals surface area contributed by atoms with E-state index in [0.717, 1.165) is 0 Å². The van der Waals surface area contributed by atoms with Crippen molar-refractivity contribution < 1.29 is 18.9 Å². The van der Waals surface area contributed by atoms with Crippen molar-refractivity contribution in [1.29, 1.82) is 0 Å². The molecular formula is C6H7ClNO4P. The number of halogens is 1. The number of nitrogen functional groups attached to an aromatic ring is 1. The van der Waals surface area contributed by atoms with Gasteiger partial charge in [-0.25, -0.2) is 4.57 Å². The van der Waals surface area contributed by atoms with Gasteiger partial charge in [-0.2, -0.15) is 0 Å². The Bertz CT molecular complexity index is 364. The van der Waals surface area contributed by atoms with Gasteiger partial charge in [0, 0.05) is 11.1 Å². The molecule has 0 aliphatic carbocycles. The Balaban J connectivity index is 3.01. The van der Waals surface area contributed by atoms with Crippen molar-refractivity contribution in [3.05, 3.63) is 23.2 Å². The minimum absolute atomic E-state index is 0.118. The predicted octanol–water partition coefficient (Wildman–Crippen LogP) is 1.39. The summed E-state index contributed by atoms with van der Waals surface area (Å²) in [7, 11) is -4.57. The number of hydrogen-bond donors (Lipinski definition) is 3. The van der Waals surface area contributed by atoms with Crippen LogP contribution in [0, 0.1) is 0 Å². The third kappa shape index (κ3) is 3.24. The molecular weight excluding hydrogens is 216 g/mol. The van der Waals surface area contributed by atoms with Gasteiger partial charge in [0.2, 0.25) is 0 Å². The summed E-state index contributed by atoms with van der Waals surface area (Å²) >= 11 is 5.56. The van der Waals surface area contributed by atoms with Gasteiger partial charge in [0.15, 0.2) is 5.75 Å². The van der Waals surface area contributed by atoms with Crippen LogP contribution >= 0.6 is 19.4 Å². The molecule has 72 valence electrons. The van der Waals surface area contributed by atoms with Gasteiger partial charge in [-0.3, -0.25) is 9.79 Å². The average Bonchev–Trinajstić information content (AvgIpc) is 1.94. The molecule has 1 rings (SSSR count). The largest absolute Gasteiger partial charge is 0.524 e. The van der Waals surface area contributed by atoms with Gasteiger partial charge in [-0.15, -0.1) is 0 Å². The van der Waals surface area contributed by atoms with Crippen molar-refractivity contribution in [3.8, 4) is 5.75 Å². The molecule has 0 radical (unpaired) electrons. The van der Waals surface area contributed by atoms with Gasteiger partial charge in [-0.05, 0) is 12.1 Å². The Hall–Kier alpha value is -0.740. The molecule has 0 fully saturated rings. The molecule has 0 atom stereocenters. The summed E-state index contributed by atoms with van der Waals surface area (Å²) in [5.74, 6) is -0.124. The van der Waals surface area contributed by atoms with E-state index in [0.29, 0.717) is 0 Å². The summed E-state index contributed by atoms with van der Waals surface area (Å²) in [6.45, 7) is 0. The molecule has 7 heteroatoms. The lowest BCUT2D eigenvalue weighted by Crippen LogP contribution is -1.95. The normalized spacial score (nSPS) is 11.3. The fourth-order valence-electron chi connectivity index (χ4n) is 0.715. The van der Waals surface area contributed by atoms with Gasteiger partial charge >= 0.3 is 7.82 Å². The quantitative estimate of drug-likeness (QED) is 0.520. The fraction of sp³-hybridized carbons (Fsp3) is 0. The summed E-state index contributed by atoms with van der Waals surface area (Å²) in [5, 5.41) is 0.289. The number of hydrogen-bond acceptors (Lipinski definition) is 3. The van der Waals surface area contributed by atoms with Crippen LogP contribution in [0.3, 0.4) is 0 Å². The number of phosphoric acid groups is 1. The van der Waals surface area contributed by atoms with E-state index in [4.69, 9.17) is 27.1 Å². The highest BCUT2D eigenvalue weighted by atomic mass is 35.5. The van der Waals surface area contributed by atoms with E-state index < -0.39 is 7.82 Å². The van der Waals surface area contributed by atoms with Gasteiger partial charge in [0.05, 0.1) is 5.69 Å². The Morgan fingerprint density at radius 1 is 1.46 bits per heavy atom. The SMILES string of the molecule is Nc1ccc(Cl)cc1OP(=O)(O)O. The van der Waals surface area contributed by atoms with Gasteiger partial charge in [0.1, 0.15) is 0 Å². The zero-order chi connectivity index (χ0) is 10.1. The summed E-state index contributed by atoms with van der Waals surface area (Å²) in [6, 6.07) is 4.12. The fourth-order valence-corrected chi connectivity index (χ4v) is 1.29. The van der Waals surface area contributed by atoms with Crippen LogP contribution in [0.15, 0.2) is 18.2 Å². The average molecular weight is 224 g/mol. The predicted molar refractivity (Wildman–Crippen MR) is 48.5 cm³/mol. The molecule has 4 N–H and O–H groups in total. The topological polar surface area (TPSA) is 92.8 Å². The van der Waals surface area contributed by atoms with Crippen molar-refractivity contribution in [2.45, 2.75) is 0 Å². The van der Waals surface area contributed by atoms with Gasteiger partial charge in [-0.1, -0.05) is 11.6 Å². The van der Waals surface area contributed by atoms with Crippen LogP contribution in [-0.2, 0) is 4.57 Å². The molecule has 0 spiro atoms. The molecule has 0 unspecified atom stereocenters. The molecule has 0 bridgehead atoms. The van der Waals surface area contributed by atoms with Crippen molar-refractivity contribution >= 4 is 25.1 Å². The van der Waals surface area contributed by atoms with E-state index in [1.54, 1.807) is 0 Å². The molecule has 0 aromatic heterocycles. The monoisotopic (exact) mass is 223 g/mol. The molecule has 1 aromatic carbocycles. The number of benzene rings is 1. The molecule has 0 aliphatic heterocycles. The van der Waals surface area contributed by atoms with Crippen LogP contribution < -0.4 is 10.3 Å². The summed E-state index contributed by atoms with van der Waals surface area (Å²) in [4.78, 5) is 17.0. The highest BCUT2D eigenvalue weighted by Gasteiger charge is 2.17. The molecule has 13 heavy (non-hydrogen) atoms. The maximum Gasteiger partial charge on any atom is 0.524 e. The summed E-state index contributed by atoms with van der Waals surface area (Å²) in [6.07, 6.45) is 0. The third-order valence-electron chi connectivity index (χ3n) is 1.19. The molecule has 0 aliphatic rings. The van der Waals surface area contributed by atoms with E-state index in [1.165, 1.54) is 18.2 Å². The molecule has 1 aromatic rings. The highest BCUT2D eigenvalue weighted by molar-refractivity contribution is 7.46. The van der Waals surface area contributed by atoms with Gasteiger partial charge in [0.25, 0.3) is 0 Å². The first-order chi connectivity index (χ1) is 5.88. The maximum absolute atomic E-state index is 10.4. The number of nitrogens with two attached hydrogens (primary N) is 1. The molecule has 5 nitrogen and oxygen atoms in total. The van der Waals surface area contributed by atoms with E-state index in [-0.39, 0.29) is 16.5 Å². The second kappa shape index (κ2) is 3.55. The standard InChI is InChI=1S/C6H7ClNO4P/c7-4-1-2-5(8)6(3-4)12-13(9,10)11/h1-3H,8H2,(H2,9,10,11). The zero-order valence-electron chi connectivity index (χ0n) is 6.35. The summed E-state index contributed by atoms with van der Waals surface area (Å²) < 4.78 is 14.7. The van der Waals surface area contributed by atoms with E-state index in [2.05, 4.69) is 4.52 Å². The lowest BCUT2D eigenvalue weighted by atomic mass is 10.3. The lowest BCUT2D eigenvalue weighted by Gasteiger charge is -2.08. The minimum Gasteiger partial charge on any atom is -0.402 e. The van der Waals surface area contributed by atoms with Crippen LogP contribution in [0.2, 0.25) is 5.02 Å². The highest BCUT2D eigenvalue weighted by Crippen LogP contribution is 2.40. The van der Waals surface area contributed by atoms with Crippen molar-refractivity contribution in [2.24, 2.45) is 0 Å². The second-order valence-corrected chi connectivity index (χ2v) is 3.86.